The molecule has 2 N–H and O–H groups in total. The van der Waals surface area contributed by atoms with Crippen molar-refractivity contribution >= 4 is 46.1 Å². The average molecular weight is 290 g/mol. The SMILES string of the molecule is CC(C)Nc1cccc([Si](Cl)Cl)c1NC(C)C. The molecular formula is C12H19Cl2N2Si. The van der Waals surface area contributed by atoms with Gasteiger partial charge in [0.15, 0.2) is 0 Å². The average Bonchev–Trinajstić information content (AvgIpc) is 2.18. The molecule has 0 unspecified atom stereocenters. The van der Waals surface area contributed by atoms with E-state index in [0.29, 0.717) is 12.1 Å². The van der Waals surface area contributed by atoms with Crippen LogP contribution < -0.4 is 15.8 Å². The van der Waals surface area contributed by atoms with Gasteiger partial charge in [0.05, 0.1) is 11.4 Å². The van der Waals surface area contributed by atoms with Gasteiger partial charge in [0.1, 0.15) is 0 Å². The molecular weight excluding hydrogens is 271 g/mol. The van der Waals surface area contributed by atoms with Crippen LogP contribution in [-0.2, 0) is 0 Å². The lowest BCUT2D eigenvalue weighted by Gasteiger charge is -2.21. The van der Waals surface area contributed by atoms with Crippen LogP contribution in [0.2, 0.25) is 0 Å². The Hall–Kier alpha value is -0.383. The Balaban J connectivity index is 3.14. The van der Waals surface area contributed by atoms with Crippen LogP contribution >= 0.6 is 22.2 Å². The molecule has 0 saturated heterocycles. The van der Waals surface area contributed by atoms with Gasteiger partial charge in [-0.25, -0.2) is 0 Å². The molecule has 0 aliphatic heterocycles. The predicted octanol–water partition coefficient (Wildman–Crippen LogP) is 3.50. The highest BCUT2D eigenvalue weighted by Crippen LogP contribution is 2.23. The second-order valence-electron chi connectivity index (χ2n) is 4.59. The van der Waals surface area contributed by atoms with Crippen molar-refractivity contribution in [1.82, 2.24) is 0 Å². The Kier molecular flexibility index (Phi) is 5.63. The Labute approximate surface area is 115 Å². The van der Waals surface area contributed by atoms with Crippen LogP contribution in [0.5, 0.6) is 0 Å². The first-order valence-corrected chi connectivity index (χ1v) is 9.28. The summed E-state index contributed by atoms with van der Waals surface area (Å²) < 4.78 is 0. The van der Waals surface area contributed by atoms with Crippen LogP contribution in [0.1, 0.15) is 27.7 Å². The highest BCUT2D eigenvalue weighted by molar-refractivity contribution is 7.39. The van der Waals surface area contributed by atoms with Crippen LogP contribution in [-0.4, -0.2) is 19.5 Å². The van der Waals surface area contributed by atoms with Gasteiger partial charge in [0.2, 0.25) is 0 Å². The fourth-order valence-corrected chi connectivity index (χ4v) is 3.15. The molecule has 95 valence electrons. The van der Waals surface area contributed by atoms with E-state index in [-0.39, 0.29) is 0 Å². The molecule has 0 saturated carbocycles. The maximum Gasteiger partial charge on any atom is 0.309 e. The fraction of sp³-hybridized carbons (Fsp3) is 0.500. The molecule has 0 fully saturated rings. The van der Waals surface area contributed by atoms with Crippen molar-refractivity contribution in [2.24, 2.45) is 0 Å². The van der Waals surface area contributed by atoms with Gasteiger partial charge in [0, 0.05) is 12.1 Å². The summed E-state index contributed by atoms with van der Waals surface area (Å²) >= 11 is 12.2. The molecule has 17 heavy (non-hydrogen) atoms. The van der Waals surface area contributed by atoms with Crippen molar-refractivity contribution in [2.75, 3.05) is 10.6 Å². The molecule has 1 radical (unpaired) electrons. The molecule has 5 heteroatoms. The topological polar surface area (TPSA) is 24.1 Å². The molecule has 0 atom stereocenters. The third-order valence-electron chi connectivity index (χ3n) is 2.15. The van der Waals surface area contributed by atoms with Gasteiger partial charge in [-0.3, -0.25) is 0 Å². The van der Waals surface area contributed by atoms with Crippen LogP contribution in [0, 0.1) is 0 Å². The largest absolute Gasteiger partial charge is 0.381 e. The lowest BCUT2D eigenvalue weighted by molar-refractivity contribution is 0.885. The van der Waals surface area contributed by atoms with Crippen molar-refractivity contribution in [1.29, 1.82) is 0 Å². The van der Waals surface area contributed by atoms with E-state index in [9.17, 15) is 0 Å². The smallest absolute Gasteiger partial charge is 0.309 e. The number of hydrogen-bond acceptors (Lipinski definition) is 2. The first-order chi connectivity index (χ1) is 7.91. The van der Waals surface area contributed by atoms with E-state index in [2.05, 4.69) is 38.3 Å². The lowest BCUT2D eigenvalue weighted by Crippen LogP contribution is -2.27. The second-order valence-corrected chi connectivity index (χ2v) is 8.49. The summed E-state index contributed by atoms with van der Waals surface area (Å²) in [5.74, 6) is 0. The van der Waals surface area contributed by atoms with Crippen LogP contribution in [0.3, 0.4) is 0 Å². The van der Waals surface area contributed by atoms with Crippen LogP contribution in [0.25, 0.3) is 0 Å². The third kappa shape index (κ3) is 4.41. The number of halogens is 2. The Bertz CT molecular complexity index is 368. The summed E-state index contributed by atoms with van der Waals surface area (Å²) in [6.07, 6.45) is 0. The molecule has 1 aromatic rings. The Morgan fingerprint density at radius 1 is 1.00 bits per heavy atom. The molecule has 0 aliphatic rings. The summed E-state index contributed by atoms with van der Waals surface area (Å²) in [6.45, 7) is 8.42. The van der Waals surface area contributed by atoms with E-state index in [1.807, 2.05) is 18.2 Å². The highest BCUT2D eigenvalue weighted by atomic mass is 35.7. The minimum Gasteiger partial charge on any atom is -0.381 e. The van der Waals surface area contributed by atoms with Gasteiger partial charge in [0.25, 0.3) is 0 Å². The Morgan fingerprint density at radius 3 is 2.06 bits per heavy atom. The molecule has 0 amide bonds. The van der Waals surface area contributed by atoms with Gasteiger partial charge in [-0.2, -0.15) is 0 Å². The van der Waals surface area contributed by atoms with Gasteiger partial charge < -0.3 is 10.6 Å². The zero-order valence-electron chi connectivity index (χ0n) is 10.6. The quantitative estimate of drug-likeness (QED) is 0.640. The van der Waals surface area contributed by atoms with Gasteiger partial charge in [-0.1, -0.05) is 12.1 Å². The van der Waals surface area contributed by atoms with Crippen molar-refractivity contribution in [3.05, 3.63) is 18.2 Å². The summed E-state index contributed by atoms with van der Waals surface area (Å²) in [6, 6.07) is 6.75. The van der Waals surface area contributed by atoms with Crippen molar-refractivity contribution < 1.29 is 0 Å². The van der Waals surface area contributed by atoms with Crippen LogP contribution in [0.15, 0.2) is 18.2 Å². The summed E-state index contributed by atoms with van der Waals surface area (Å²) in [7, 11) is -1.50. The molecule has 2 nitrogen and oxygen atoms in total. The van der Waals surface area contributed by atoms with Gasteiger partial charge in [-0.15, -0.1) is 22.2 Å². The number of rotatable bonds is 5. The number of hydrogen-bond donors (Lipinski definition) is 2. The Morgan fingerprint density at radius 2 is 1.59 bits per heavy atom. The number of benzene rings is 1. The van der Waals surface area contributed by atoms with E-state index in [1.165, 1.54) is 0 Å². The maximum absolute atomic E-state index is 6.10. The van der Waals surface area contributed by atoms with Gasteiger partial charge in [-0.05, 0) is 38.9 Å². The van der Waals surface area contributed by atoms with E-state index in [4.69, 9.17) is 22.2 Å². The summed E-state index contributed by atoms with van der Waals surface area (Å²) in [5.41, 5.74) is 2.10. The van der Waals surface area contributed by atoms with E-state index in [1.54, 1.807) is 0 Å². The van der Waals surface area contributed by atoms with Crippen molar-refractivity contribution in [3.8, 4) is 0 Å². The predicted molar refractivity (Wildman–Crippen MR) is 81.1 cm³/mol. The third-order valence-corrected chi connectivity index (χ3v) is 4.19. The molecule has 1 aromatic carbocycles. The summed E-state index contributed by atoms with van der Waals surface area (Å²) in [5, 5.41) is 7.84. The first kappa shape index (κ1) is 14.7. The monoisotopic (exact) mass is 289 g/mol. The van der Waals surface area contributed by atoms with E-state index in [0.717, 1.165) is 16.6 Å². The van der Waals surface area contributed by atoms with Gasteiger partial charge >= 0.3 is 7.42 Å². The molecule has 0 heterocycles. The maximum atomic E-state index is 6.10. The lowest BCUT2D eigenvalue weighted by atomic mass is 10.2. The van der Waals surface area contributed by atoms with E-state index >= 15 is 0 Å². The van der Waals surface area contributed by atoms with Crippen molar-refractivity contribution in [2.45, 2.75) is 39.8 Å². The number of para-hydroxylation sites is 1. The zero-order chi connectivity index (χ0) is 13.0. The second kappa shape index (κ2) is 6.52. The minimum atomic E-state index is -1.50. The molecule has 0 bridgehead atoms. The summed E-state index contributed by atoms with van der Waals surface area (Å²) in [4.78, 5) is 0. The van der Waals surface area contributed by atoms with E-state index < -0.39 is 7.42 Å². The van der Waals surface area contributed by atoms with Crippen LogP contribution in [0.4, 0.5) is 11.4 Å². The normalized spacial score (nSPS) is 11.4. The standard InChI is InChI=1S/C12H19Cl2N2Si/c1-8(2)15-10-6-5-7-11(17(13)14)12(10)16-9(3)4/h5-9,15-16H,1-4H3. The number of anilines is 2. The molecule has 0 spiro atoms. The van der Waals surface area contributed by atoms with Crippen molar-refractivity contribution in [3.63, 3.8) is 0 Å². The molecule has 1 rings (SSSR count). The molecule has 0 aliphatic carbocycles. The highest BCUT2D eigenvalue weighted by Gasteiger charge is 2.17. The fourth-order valence-electron chi connectivity index (χ4n) is 1.59. The number of nitrogens with one attached hydrogen (secondary N) is 2. The first-order valence-electron chi connectivity index (χ1n) is 5.76. The zero-order valence-corrected chi connectivity index (χ0v) is 13.2. The molecule has 0 aromatic heterocycles. The minimum absolute atomic E-state index is 0.346.